The van der Waals surface area contributed by atoms with Crippen molar-refractivity contribution >= 4 is 16.0 Å². The summed E-state index contributed by atoms with van der Waals surface area (Å²) in [5.74, 6) is -0.313. The number of piperidine rings is 1. The van der Waals surface area contributed by atoms with Gasteiger partial charge in [0.1, 0.15) is 0 Å². The van der Waals surface area contributed by atoms with E-state index in [1.807, 2.05) is 24.0 Å². The first-order valence-corrected chi connectivity index (χ1v) is 10.7. The van der Waals surface area contributed by atoms with Gasteiger partial charge in [-0.3, -0.25) is 9.69 Å². The van der Waals surface area contributed by atoms with Crippen LogP contribution in [0.25, 0.3) is 0 Å². The van der Waals surface area contributed by atoms with Gasteiger partial charge in [0.05, 0.1) is 11.4 Å². The Bertz CT molecular complexity index is 693. The molecule has 0 aromatic heterocycles. The van der Waals surface area contributed by atoms with E-state index in [4.69, 9.17) is 5.11 Å². The summed E-state index contributed by atoms with van der Waals surface area (Å²) in [7, 11) is -3.49. The number of benzene rings is 1. The summed E-state index contributed by atoms with van der Waals surface area (Å²) < 4.78 is 27.2. The third-order valence-corrected chi connectivity index (χ3v) is 6.80. The summed E-state index contributed by atoms with van der Waals surface area (Å²) >= 11 is 0. The number of likely N-dealkylation sites (N-methyl/N-ethyl adjacent to an activating group) is 1. The molecule has 146 valence electrons. The van der Waals surface area contributed by atoms with Gasteiger partial charge in [0.25, 0.3) is 0 Å². The highest BCUT2D eigenvalue weighted by Gasteiger charge is 2.31. The van der Waals surface area contributed by atoms with Crippen molar-refractivity contribution in [3.05, 3.63) is 29.8 Å². The Morgan fingerprint density at radius 1 is 1.23 bits per heavy atom. The van der Waals surface area contributed by atoms with Crippen molar-refractivity contribution < 1.29 is 18.3 Å². The van der Waals surface area contributed by atoms with Gasteiger partial charge in [-0.25, -0.2) is 8.42 Å². The maximum Gasteiger partial charge on any atom is 0.317 e. The van der Waals surface area contributed by atoms with E-state index in [0.29, 0.717) is 43.3 Å². The summed E-state index contributed by atoms with van der Waals surface area (Å²) in [6.45, 7) is 7.72. The SMILES string of the molecule is CCN(CC(=O)O)C1CCN(S(=O)(=O)c2ccc(CC(C)C)cc2)CC1. The van der Waals surface area contributed by atoms with Crippen molar-refractivity contribution in [3.63, 3.8) is 0 Å². The first kappa shape index (κ1) is 20.9. The van der Waals surface area contributed by atoms with Crippen molar-refractivity contribution in [2.45, 2.75) is 51.0 Å². The zero-order chi connectivity index (χ0) is 19.3. The molecule has 1 fully saturated rings. The molecule has 0 amide bonds. The van der Waals surface area contributed by atoms with E-state index in [-0.39, 0.29) is 12.6 Å². The monoisotopic (exact) mass is 382 g/mol. The summed E-state index contributed by atoms with van der Waals surface area (Å²) in [5, 5.41) is 9.00. The lowest BCUT2D eigenvalue weighted by Crippen LogP contribution is -2.48. The van der Waals surface area contributed by atoms with Crippen molar-refractivity contribution in [3.8, 4) is 0 Å². The third-order valence-electron chi connectivity index (χ3n) is 4.89. The number of rotatable bonds is 8. The molecule has 6 nitrogen and oxygen atoms in total. The van der Waals surface area contributed by atoms with Crippen molar-refractivity contribution in [2.75, 3.05) is 26.2 Å². The number of aliphatic carboxylic acids is 1. The molecule has 0 spiro atoms. The van der Waals surface area contributed by atoms with Crippen molar-refractivity contribution in [1.29, 1.82) is 0 Å². The molecule has 26 heavy (non-hydrogen) atoms. The Hall–Kier alpha value is -1.44. The van der Waals surface area contributed by atoms with Gasteiger partial charge in [-0.15, -0.1) is 0 Å². The fraction of sp³-hybridized carbons (Fsp3) is 0.632. The van der Waals surface area contributed by atoms with Crippen molar-refractivity contribution in [2.24, 2.45) is 5.92 Å². The zero-order valence-electron chi connectivity index (χ0n) is 15.9. The molecule has 2 rings (SSSR count). The highest BCUT2D eigenvalue weighted by Crippen LogP contribution is 2.24. The van der Waals surface area contributed by atoms with E-state index in [1.54, 1.807) is 12.1 Å². The fourth-order valence-electron chi connectivity index (χ4n) is 3.54. The summed E-state index contributed by atoms with van der Waals surface area (Å²) in [6, 6.07) is 7.30. The van der Waals surface area contributed by atoms with Crippen LogP contribution in [0.5, 0.6) is 0 Å². The molecule has 1 aliphatic heterocycles. The molecule has 0 atom stereocenters. The molecule has 7 heteroatoms. The summed E-state index contributed by atoms with van der Waals surface area (Å²) in [4.78, 5) is 13.2. The summed E-state index contributed by atoms with van der Waals surface area (Å²) in [5.41, 5.74) is 1.14. The Morgan fingerprint density at radius 2 is 1.81 bits per heavy atom. The van der Waals surface area contributed by atoms with Crippen LogP contribution < -0.4 is 0 Å². The molecule has 1 aromatic carbocycles. The standard InChI is InChI=1S/C19H30N2O4S/c1-4-20(14-19(22)23)17-9-11-21(12-10-17)26(24,25)18-7-5-16(6-8-18)13-15(2)3/h5-8,15,17H,4,9-14H2,1-3H3,(H,22,23). The number of hydrogen-bond donors (Lipinski definition) is 1. The van der Waals surface area contributed by atoms with Gasteiger partial charge in [-0.1, -0.05) is 32.9 Å². The van der Waals surface area contributed by atoms with Crippen molar-refractivity contribution in [1.82, 2.24) is 9.21 Å². The van der Waals surface area contributed by atoms with E-state index < -0.39 is 16.0 Å². The van der Waals surface area contributed by atoms with Crippen LogP contribution in [0.3, 0.4) is 0 Å². The van der Waals surface area contributed by atoms with Gasteiger partial charge in [0.2, 0.25) is 10.0 Å². The van der Waals surface area contributed by atoms with Gasteiger partial charge in [0.15, 0.2) is 0 Å². The highest BCUT2D eigenvalue weighted by atomic mass is 32.2. The minimum atomic E-state index is -3.49. The van der Waals surface area contributed by atoms with Gasteiger partial charge in [-0.05, 0) is 49.4 Å². The molecule has 1 aromatic rings. The van der Waals surface area contributed by atoms with Crippen LogP contribution in [0.1, 0.15) is 39.2 Å². The molecular formula is C19H30N2O4S. The predicted molar refractivity (Wildman–Crippen MR) is 102 cm³/mol. The van der Waals surface area contributed by atoms with Crippen LogP contribution in [0.15, 0.2) is 29.2 Å². The normalized spacial score (nSPS) is 17.1. The van der Waals surface area contributed by atoms with Gasteiger partial charge in [-0.2, -0.15) is 4.31 Å². The Morgan fingerprint density at radius 3 is 2.27 bits per heavy atom. The molecule has 0 unspecified atom stereocenters. The minimum absolute atomic E-state index is 0.00519. The van der Waals surface area contributed by atoms with Crippen LogP contribution in [-0.2, 0) is 21.2 Å². The number of hydrogen-bond acceptors (Lipinski definition) is 4. The van der Waals surface area contributed by atoms with Crippen LogP contribution >= 0.6 is 0 Å². The van der Waals surface area contributed by atoms with E-state index in [0.717, 1.165) is 12.0 Å². The Labute approximate surface area is 156 Å². The molecule has 1 N–H and O–H groups in total. The van der Waals surface area contributed by atoms with E-state index in [2.05, 4.69) is 13.8 Å². The molecule has 0 saturated carbocycles. The van der Waals surface area contributed by atoms with E-state index in [9.17, 15) is 13.2 Å². The lowest BCUT2D eigenvalue weighted by Gasteiger charge is -2.36. The van der Waals surface area contributed by atoms with Gasteiger partial charge < -0.3 is 5.11 Å². The van der Waals surface area contributed by atoms with Gasteiger partial charge >= 0.3 is 5.97 Å². The second-order valence-corrected chi connectivity index (χ2v) is 9.27. The highest BCUT2D eigenvalue weighted by molar-refractivity contribution is 7.89. The van der Waals surface area contributed by atoms with E-state index >= 15 is 0 Å². The molecule has 0 bridgehead atoms. The second kappa shape index (κ2) is 8.97. The Balaban J connectivity index is 2.02. The third kappa shape index (κ3) is 5.28. The van der Waals surface area contributed by atoms with Crippen LogP contribution in [0, 0.1) is 5.92 Å². The predicted octanol–water partition coefficient (Wildman–Crippen LogP) is 2.44. The fourth-order valence-corrected chi connectivity index (χ4v) is 5.01. The second-order valence-electron chi connectivity index (χ2n) is 7.33. The molecule has 0 radical (unpaired) electrons. The lowest BCUT2D eigenvalue weighted by molar-refractivity contribution is -0.139. The van der Waals surface area contributed by atoms with Crippen LogP contribution in [0.4, 0.5) is 0 Å². The average Bonchev–Trinajstić information content (AvgIpc) is 2.59. The maximum absolute atomic E-state index is 12.9. The number of nitrogens with zero attached hydrogens (tertiary/aromatic N) is 2. The Kier molecular flexibility index (Phi) is 7.20. The topological polar surface area (TPSA) is 77.9 Å². The van der Waals surface area contributed by atoms with E-state index in [1.165, 1.54) is 4.31 Å². The van der Waals surface area contributed by atoms with Crippen LogP contribution in [-0.4, -0.2) is 60.9 Å². The average molecular weight is 383 g/mol. The quantitative estimate of drug-likeness (QED) is 0.747. The minimum Gasteiger partial charge on any atom is -0.480 e. The summed E-state index contributed by atoms with van der Waals surface area (Å²) in [6.07, 6.45) is 2.25. The molecule has 1 aliphatic rings. The lowest BCUT2D eigenvalue weighted by atomic mass is 10.0. The molecule has 0 aliphatic carbocycles. The number of carboxylic acid groups (broad SMARTS) is 1. The number of carboxylic acids is 1. The first-order valence-electron chi connectivity index (χ1n) is 9.29. The molecular weight excluding hydrogens is 352 g/mol. The number of carbonyl (C=O) groups is 1. The van der Waals surface area contributed by atoms with Gasteiger partial charge in [0, 0.05) is 19.1 Å². The smallest absolute Gasteiger partial charge is 0.317 e. The van der Waals surface area contributed by atoms with Crippen LogP contribution in [0.2, 0.25) is 0 Å². The largest absolute Gasteiger partial charge is 0.480 e. The number of sulfonamides is 1. The molecule has 1 heterocycles. The maximum atomic E-state index is 12.9. The first-order chi connectivity index (χ1) is 12.2. The zero-order valence-corrected chi connectivity index (χ0v) is 16.7. The molecule has 1 saturated heterocycles.